The summed E-state index contributed by atoms with van der Waals surface area (Å²) in [5.41, 5.74) is 6.69. The van der Waals surface area contributed by atoms with Gasteiger partial charge in [-0.05, 0) is 0 Å². The molecular weight excluding hydrogens is 1680 g/mol. The maximum atomic E-state index is 16.2. The van der Waals surface area contributed by atoms with Gasteiger partial charge in [0.25, 0.3) is 0 Å². The molecular formula is C106H176N2O4Se4. The Kier molecular flexibility index (Phi) is 56.5. The number of aryl methyl sites for hydroxylation is 4. The van der Waals surface area contributed by atoms with E-state index in [9.17, 15) is 0 Å². The van der Waals surface area contributed by atoms with Crippen molar-refractivity contribution in [1.29, 1.82) is 0 Å². The number of rotatable bonds is 77. The molecule has 6 aromatic rings. The average Bonchev–Trinajstić information content (AvgIpc) is 1.42. The standard InChI is InChI=1S/C106H176N2O4Se4/c1-9-15-21-27-33-39-43-49-55-61-71-89(69-59-53-47-37-31-25-19-13-5)73-63-65-79-107-96-85-92(106(110)108(95(96)84-91(105(107)109)97-76-75-87(7)113-97)80-66-64-74-90(70-60-54-48-38-32-26-20-14-6)72-62-56-50-44-40-34-28-22-16-10-2)98-77-78-99(115-98)100-86-94-102(112-82-68-58-52-46-42-36-30-24-18-12-4)103-93(83-88(8)114-103)101(104(94)116-100)111-81-67-57-51-45-41-35-29-23-17-11-3/h75-78,83-86,89-90,101-102H,9-74,79-82H2,1-8H3. The van der Waals surface area contributed by atoms with Gasteiger partial charge in [-0.15, -0.1) is 0 Å². The number of pyridine rings is 2. The zero-order valence-corrected chi connectivity index (χ0v) is 83.4. The molecule has 0 aromatic carbocycles. The summed E-state index contributed by atoms with van der Waals surface area (Å²) in [5, 5.41) is 0. The Hall–Kier alpha value is -1.92. The van der Waals surface area contributed by atoms with Crippen LogP contribution in [-0.4, -0.2) is 80.4 Å². The van der Waals surface area contributed by atoms with Gasteiger partial charge in [0, 0.05) is 0 Å². The Bertz CT molecular complexity index is 3450. The van der Waals surface area contributed by atoms with Gasteiger partial charge in [-0.2, -0.15) is 0 Å². The summed E-state index contributed by atoms with van der Waals surface area (Å²) in [6, 6.07) is 18.8. The number of hydrogen-bond donors (Lipinski definition) is 0. The minimum atomic E-state index is -0.0940. The van der Waals surface area contributed by atoms with E-state index in [0.717, 1.165) is 85.7 Å². The summed E-state index contributed by atoms with van der Waals surface area (Å²) >= 11 is 0.296. The third-order valence-corrected chi connectivity index (χ3v) is 36.3. The van der Waals surface area contributed by atoms with Gasteiger partial charge in [-0.3, -0.25) is 0 Å². The molecule has 7 rings (SSSR count). The first kappa shape index (κ1) is 101. The fraction of sp³-hybridized carbons (Fsp3) is 0.774. The molecule has 6 nitrogen and oxygen atoms in total. The number of unbranched alkanes of at least 4 members (excludes halogenated alkanes) is 52. The van der Waals surface area contributed by atoms with E-state index in [-0.39, 0.29) is 81.3 Å². The zero-order chi connectivity index (χ0) is 82.1. The molecule has 0 spiro atoms. The topological polar surface area (TPSA) is 62.5 Å². The maximum absolute atomic E-state index is 16.2. The van der Waals surface area contributed by atoms with E-state index in [1.807, 2.05) is 0 Å². The molecule has 0 amide bonds. The van der Waals surface area contributed by atoms with E-state index in [1.54, 1.807) is 0 Å². The summed E-state index contributed by atoms with van der Waals surface area (Å²) in [6.45, 7) is 21.5. The second-order valence-electron chi connectivity index (χ2n) is 36.5. The van der Waals surface area contributed by atoms with Crippen molar-refractivity contribution in [3.8, 4) is 28.9 Å². The molecule has 1 aliphatic carbocycles. The number of fused-ring (bicyclic) bond motifs is 3. The minimum absolute atomic E-state index is 0.00798. The van der Waals surface area contributed by atoms with E-state index in [2.05, 4.69) is 113 Å². The number of hydrogen-bond acceptors (Lipinski definition) is 4. The Morgan fingerprint density at radius 1 is 0.276 bits per heavy atom. The third kappa shape index (κ3) is 39.1. The Morgan fingerprint density at radius 2 is 0.552 bits per heavy atom. The van der Waals surface area contributed by atoms with Crippen molar-refractivity contribution in [2.45, 2.75) is 504 Å². The van der Waals surface area contributed by atoms with Crippen LogP contribution in [0.2, 0.25) is 0 Å². The Labute approximate surface area is 738 Å². The number of nitrogens with zero attached hydrogens (tertiary/aromatic N) is 2. The van der Waals surface area contributed by atoms with E-state index in [1.165, 1.54) is 432 Å². The molecule has 4 unspecified atom stereocenters. The fourth-order valence-corrected chi connectivity index (χ4v) is 28.3. The predicted molar refractivity (Wildman–Crippen MR) is 514 cm³/mol. The molecule has 4 atom stereocenters. The van der Waals surface area contributed by atoms with Crippen molar-refractivity contribution >= 4 is 69.0 Å². The van der Waals surface area contributed by atoms with E-state index >= 15 is 9.59 Å². The van der Waals surface area contributed by atoms with Gasteiger partial charge in [-0.1, -0.05) is 247 Å². The van der Waals surface area contributed by atoms with Crippen LogP contribution in [0.3, 0.4) is 0 Å². The van der Waals surface area contributed by atoms with Crippen LogP contribution in [0.25, 0.3) is 39.9 Å². The molecule has 658 valence electrons. The molecule has 0 saturated carbocycles. The summed E-state index contributed by atoms with van der Waals surface area (Å²) in [5.74, 6) is 1.51. The first-order valence-corrected chi connectivity index (χ1v) is 57.4. The van der Waals surface area contributed by atoms with E-state index < -0.39 is 0 Å². The molecule has 10 heteroatoms. The second-order valence-corrected chi connectivity index (χ2v) is 46.5. The number of aromatic nitrogens is 2. The zero-order valence-electron chi connectivity index (χ0n) is 76.6. The fourth-order valence-electron chi connectivity index (χ4n) is 18.8. The van der Waals surface area contributed by atoms with Crippen molar-refractivity contribution in [2.24, 2.45) is 11.8 Å². The summed E-state index contributed by atoms with van der Waals surface area (Å²) in [7, 11) is 0. The quantitative estimate of drug-likeness (QED) is 0.0282. The van der Waals surface area contributed by atoms with Crippen LogP contribution >= 0.6 is 0 Å². The third-order valence-electron chi connectivity index (χ3n) is 26.1. The van der Waals surface area contributed by atoms with E-state index in [0.29, 0.717) is 13.1 Å². The monoisotopic (exact) mass is 1860 g/mol. The van der Waals surface area contributed by atoms with Crippen LogP contribution in [0.4, 0.5) is 0 Å². The summed E-state index contributed by atoms with van der Waals surface area (Å²) in [4.78, 5) is 32.0. The van der Waals surface area contributed by atoms with Gasteiger partial charge in [0.1, 0.15) is 0 Å². The molecule has 116 heavy (non-hydrogen) atoms. The van der Waals surface area contributed by atoms with Gasteiger partial charge in [-0.25, -0.2) is 0 Å². The molecule has 6 aromatic heterocycles. The van der Waals surface area contributed by atoms with Crippen molar-refractivity contribution in [3.05, 3.63) is 98.1 Å². The molecule has 1 aliphatic rings. The van der Waals surface area contributed by atoms with Gasteiger partial charge in [0.2, 0.25) is 0 Å². The van der Waals surface area contributed by atoms with Crippen LogP contribution in [0.5, 0.6) is 0 Å². The SMILES string of the molecule is CCCCCCCCCCCCOC1c2cc(-c3ccc(-c4cc5c(cc(-c6ccc(C)[se]6)c(=O)n5CCCCC(CCCCCCCCCC)CCCCCCCCCCCC)n(CCCCC(CCCCCCCCCC)CCCCCCCCCCCC)c4=O)[se]3)[se]c2C(OCCCCCCCCCCCC)c2cc(C)[se]c21. The van der Waals surface area contributed by atoms with Gasteiger partial charge < -0.3 is 0 Å². The van der Waals surface area contributed by atoms with Crippen LogP contribution < -0.4 is 11.1 Å². The first-order valence-electron chi connectivity index (χ1n) is 50.6. The molecule has 0 saturated heterocycles. The first-order chi connectivity index (χ1) is 57.1. The number of ether oxygens (including phenoxy) is 2. The molecule has 0 bridgehead atoms. The van der Waals surface area contributed by atoms with Crippen LogP contribution in [0, 0.1) is 25.7 Å². The van der Waals surface area contributed by atoms with Gasteiger partial charge in [0.05, 0.1) is 0 Å². The van der Waals surface area contributed by atoms with Crippen LogP contribution in [0.15, 0.2) is 58.1 Å². The van der Waals surface area contributed by atoms with Gasteiger partial charge >= 0.3 is 497 Å². The molecule has 0 N–H and O–H groups in total. The molecule has 6 heterocycles. The Balaban J connectivity index is 1.20. The van der Waals surface area contributed by atoms with Crippen LogP contribution in [0.1, 0.15) is 506 Å². The van der Waals surface area contributed by atoms with Crippen molar-refractivity contribution < 1.29 is 9.47 Å². The summed E-state index contributed by atoms with van der Waals surface area (Å²) < 4.78 is 30.0. The molecule has 0 fully saturated rings. The van der Waals surface area contributed by atoms with E-state index in [4.69, 9.17) is 9.47 Å². The normalized spacial score (nSPS) is 14.1. The predicted octanol–water partition coefficient (Wildman–Crippen LogP) is 32.6. The molecule has 0 aliphatic heterocycles. The molecule has 0 radical (unpaired) electrons. The van der Waals surface area contributed by atoms with Crippen molar-refractivity contribution in [1.82, 2.24) is 9.13 Å². The van der Waals surface area contributed by atoms with Crippen molar-refractivity contribution in [2.75, 3.05) is 13.2 Å². The van der Waals surface area contributed by atoms with Gasteiger partial charge in [0.15, 0.2) is 0 Å². The summed E-state index contributed by atoms with van der Waals surface area (Å²) in [6.07, 6.45) is 88.3. The van der Waals surface area contributed by atoms with Crippen molar-refractivity contribution in [3.63, 3.8) is 0 Å². The Morgan fingerprint density at radius 3 is 0.879 bits per heavy atom. The van der Waals surface area contributed by atoms with Crippen LogP contribution in [-0.2, 0) is 22.6 Å². The second kappa shape index (κ2) is 64.8. The average molecular weight is 1860 g/mol.